The second-order valence-corrected chi connectivity index (χ2v) is 8.99. The first-order valence-electron chi connectivity index (χ1n) is 12.4. The van der Waals surface area contributed by atoms with Crippen molar-refractivity contribution < 1.29 is 14.3 Å². The molecule has 0 saturated carbocycles. The molecule has 0 radical (unpaired) electrons. The van der Waals surface area contributed by atoms with Gasteiger partial charge in [0.15, 0.2) is 0 Å². The van der Waals surface area contributed by atoms with Crippen LogP contribution in [0.3, 0.4) is 0 Å². The fraction of sp³-hybridized carbons (Fsp3) is 0.161. The largest absolute Gasteiger partial charge is 0.497 e. The predicted molar refractivity (Wildman–Crippen MR) is 147 cm³/mol. The summed E-state index contributed by atoms with van der Waals surface area (Å²) in [4.78, 5) is 28.6. The monoisotopic (exact) mass is 491 g/mol. The summed E-state index contributed by atoms with van der Waals surface area (Å²) in [5.41, 5.74) is 3.83. The molecule has 0 aliphatic heterocycles. The molecular weight excluding hydrogens is 462 g/mol. The Morgan fingerprint density at radius 3 is 2.43 bits per heavy atom. The topological polar surface area (TPSA) is 83.2 Å². The summed E-state index contributed by atoms with van der Waals surface area (Å²) < 4.78 is 5.31. The van der Waals surface area contributed by atoms with Crippen LogP contribution in [0.5, 0.6) is 5.75 Å². The van der Waals surface area contributed by atoms with Crippen LogP contribution in [0.1, 0.15) is 33.8 Å². The third kappa shape index (κ3) is 5.48. The average Bonchev–Trinajstić information content (AvgIpc) is 3.37. The lowest BCUT2D eigenvalue weighted by Crippen LogP contribution is -2.33. The Morgan fingerprint density at radius 1 is 0.865 bits per heavy atom. The molecular formula is C31H29N3O3. The zero-order valence-corrected chi connectivity index (χ0v) is 20.7. The van der Waals surface area contributed by atoms with Crippen LogP contribution in [0.15, 0.2) is 97.2 Å². The number of amides is 2. The van der Waals surface area contributed by atoms with Gasteiger partial charge < -0.3 is 20.4 Å². The normalized spacial score (nSPS) is 11.8. The van der Waals surface area contributed by atoms with E-state index in [1.807, 2.05) is 85.1 Å². The third-order valence-electron chi connectivity index (χ3n) is 6.67. The van der Waals surface area contributed by atoms with E-state index >= 15 is 0 Å². The molecule has 0 aliphatic carbocycles. The van der Waals surface area contributed by atoms with E-state index in [0.717, 1.165) is 38.6 Å². The number of ether oxygens (including phenoxy) is 1. The van der Waals surface area contributed by atoms with Gasteiger partial charge in [0.1, 0.15) is 5.75 Å². The van der Waals surface area contributed by atoms with Crippen LogP contribution >= 0.6 is 0 Å². The highest BCUT2D eigenvalue weighted by molar-refractivity contribution is 5.98. The number of rotatable bonds is 9. The minimum absolute atomic E-state index is 0.0433. The van der Waals surface area contributed by atoms with Crippen LogP contribution in [0.4, 0.5) is 0 Å². The highest BCUT2D eigenvalue weighted by Gasteiger charge is 2.19. The van der Waals surface area contributed by atoms with E-state index in [-0.39, 0.29) is 30.7 Å². The molecule has 0 aliphatic rings. The summed E-state index contributed by atoms with van der Waals surface area (Å²) in [5, 5.41) is 9.14. The van der Waals surface area contributed by atoms with Crippen molar-refractivity contribution in [2.75, 3.05) is 20.2 Å². The first-order valence-corrected chi connectivity index (χ1v) is 12.4. The Kier molecular flexibility index (Phi) is 7.17. The van der Waals surface area contributed by atoms with Gasteiger partial charge in [-0.2, -0.15) is 0 Å². The molecule has 1 heterocycles. The molecule has 1 atom stereocenters. The van der Waals surface area contributed by atoms with Gasteiger partial charge in [0, 0.05) is 48.1 Å². The molecule has 1 unspecified atom stereocenters. The van der Waals surface area contributed by atoms with Gasteiger partial charge in [-0.3, -0.25) is 9.59 Å². The SMILES string of the molecule is COc1ccc(C(CNC(=O)CCNC(=O)c2ccc3ccccc3c2)c2c[nH]c3ccccc23)cc1. The Morgan fingerprint density at radius 2 is 1.62 bits per heavy atom. The fourth-order valence-electron chi connectivity index (χ4n) is 4.65. The van der Waals surface area contributed by atoms with Crippen molar-refractivity contribution in [1.82, 2.24) is 15.6 Å². The number of carbonyl (C=O) groups is 2. The molecule has 6 heteroatoms. The van der Waals surface area contributed by atoms with E-state index in [2.05, 4.69) is 21.7 Å². The lowest BCUT2D eigenvalue weighted by Gasteiger charge is -2.19. The first kappa shape index (κ1) is 24.1. The Balaban J connectivity index is 1.22. The number of nitrogens with one attached hydrogen (secondary N) is 3. The van der Waals surface area contributed by atoms with Gasteiger partial charge >= 0.3 is 0 Å². The first-order chi connectivity index (χ1) is 18.1. The molecule has 37 heavy (non-hydrogen) atoms. The molecule has 5 rings (SSSR count). The van der Waals surface area contributed by atoms with E-state index < -0.39 is 0 Å². The molecule has 0 fully saturated rings. The molecule has 3 N–H and O–H groups in total. The summed E-state index contributed by atoms with van der Waals surface area (Å²) in [5.74, 6) is 0.441. The van der Waals surface area contributed by atoms with E-state index in [1.54, 1.807) is 13.2 Å². The van der Waals surface area contributed by atoms with Crippen LogP contribution < -0.4 is 15.4 Å². The summed E-state index contributed by atoms with van der Waals surface area (Å²) >= 11 is 0. The summed E-state index contributed by atoms with van der Waals surface area (Å²) in [6.07, 6.45) is 2.21. The van der Waals surface area contributed by atoms with Crippen molar-refractivity contribution in [3.8, 4) is 5.75 Å². The molecule has 186 valence electrons. The van der Waals surface area contributed by atoms with Crippen LogP contribution in [0.2, 0.25) is 0 Å². The van der Waals surface area contributed by atoms with E-state index in [0.29, 0.717) is 12.1 Å². The van der Waals surface area contributed by atoms with Crippen molar-refractivity contribution in [2.45, 2.75) is 12.3 Å². The number of methoxy groups -OCH3 is 1. The second kappa shape index (κ2) is 11.0. The average molecular weight is 492 g/mol. The number of hydrogen-bond acceptors (Lipinski definition) is 3. The quantitative estimate of drug-likeness (QED) is 0.258. The smallest absolute Gasteiger partial charge is 0.251 e. The van der Waals surface area contributed by atoms with Crippen molar-refractivity contribution >= 4 is 33.5 Å². The third-order valence-corrected chi connectivity index (χ3v) is 6.67. The summed E-state index contributed by atoms with van der Waals surface area (Å²) in [6.45, 7) is 0.698. The zero-order valence-electron chi connectivity index (χ0n) is 20.7. The van der Waals surface area contributed by atoms with Crippen LogP contribution in [0, 0.1) is 0 Å². The lowest BCUT2D eigenvalue weighted by atomic mass is 9.90. The van der Waals surface area contributed by atoms with Crippen molar-refractivity contribution in [3.05, 3.63) is 114 Å². The molecule has 6 nitrogen and oxygen atoms in total. The van der Waals surface area contributed by atoms with Gasteiger partial charge in [0.05, 0.1) is 7.11 Å². The molecule has 1 aromatic heterocycles. The highest BCUT2D eigenvalue weighted by Crippen LogP contribution is 2.31. The van der Waals surface area contributed by atoms with Gasteiger partial charge in [-0.1, -0.05) is 60.7 Å². The van der Waals surface area contributed by atoms with Crippen LogP contribution in [0.25, 0.3) is 21.7 Å². The van der Waals surface area contributed by atoms with Gasteiger partial charge in [0.2, 0.25) is 5.91 Å². The molecule has 0 spiro atoms. The lowest BCUT2D eigenvalue weighted by molar-refractivity contribution is -0.120. The van der Waals surface area contributed by atoms with Gasteiger partial charge in [-0.15, -0.1) is 0 Å². The number of aromatic amines is 1. The predicted octanol–water partition coefficient (Wildman–Crippen LogP) is 5.40. The summed E-state index contributed by atoms with van der Waals surface area (Å²) in [7, 11) is 1.64. The van der Waals surface area contributed by atoms with Crippen molar-refractivity contribution in [1.29, 1.82) is 0 Å². The second-order valence-electron chi connectivity index (χ2n) is 8.99. The fourth-order valence-corrected chi connectivity index (χ4v) is 4.65. The number of aromatic nitrogens is 1. The molecule has 2 amide bonds. The minimum Gasteiger partial charge on any atom is -0.497 e. The Labute approximate surface area is 215 Å². The molecule has 0 bridgehead atoms. The number of benzene rings is 4. The minimum atomic E-state index is -0.187. The van der Waals surface area contributed by atoms with Crippen molar-refractivity contribution in [2.24, 2.45) is 0 Å². The molecule has 0 saturated heterocycles. The Hall–Kier alpha value is -4.58. The van der Waals surface area contributed by atoms with Gasteiger partial charge in [-0.25, -0.2) is 0 Å². The number of hydrogen-bond donors (Lipinski definition) is 3. The van der Waals surface area contributed by atoms with Crippen molar-refractivity contribution in [3.63, 3.8) is 0 Å². The molecule has 4 aromatic carbocycles. The summed E-state index contributed by atoms with van der Waals surface area (Å²) in [6, 6.07) is 29.6. The number of carbonyl (C=O) groups excluding carboxylic acids is 2. The zero-order chi connectivity index (χ0) is 25.6. The van der Waals surface area contributed by atoms with Crippen LogP contribution in [-0.4, -0.2) is 37.0 Å². The highest BCUT2D eigenvalue weighted by atomic mass is 16.5. The van der Waals surface area contributed by atoms with E-state index in [4.69, 9.17) is 4.74 Å². The standard InChI is InChI=1S/C31H29N3O3/c1-37-25-14-12-22(13-15-25)27(28-20-33-29-9-5-4-8-26(28)29)19-34-30(35)16-17-32-31(36)24-11-10-21-6-2-3-7-23(21)18-24/h2-15,18,20,27,33H,16-17,19H2,1H3,(H,32,36)(H,34,35). The number of para-hydroxylation sites is 1. The van der Waals surface area contributed by atoms with E-state index in [1.165, 1.54) is 0 Å². The Bertz CT molecular complexity index is 1540. The van der Waals surface area contributed by atoms with Gasteiger partial charge in [-0.05, 0) is 52.2 Å². The maximum atomic E-state index is 12.7. The maximum absolute atomic E-state index is 12.7. The number of fused-ring (bicyclic) bond motifs is 2. The maximum Gasteiger partial charge on any atom is 0.251 e. The van der Waals surface area contributed by atoms with Gasteiger partial charge in [0.25, 0.3) is 5.91 Å². The number of H-pyrrole nitrogens is 1. The van der Waals surface area contributed by atoms with E-state index in [9.17, 15) is 9.59 Å². The van der Waals surface area contributed by atoms with Crippen LogP contribution in [-0.2, 0) is 4.79 Å². The molecule has 5 aromatic rings.